The molecule has 0 aromatic heterocycles. The number of aliphatic carboxylic acids is 1. The van der Waals surface area contributed by atoms with Crippen LogP contribution in [-0.4, -0.2) is 78.6 Å². The number of urea groups is 1. The highest BCUT2D eigenvalue weighted by atomic mass is 16.4. The van der Waals surface area contributed by atoms with E-state index in [0.29, 0.717) is 38.5 Å². The zero-order valence-electron chi connectivity index (χ0n) is 13.0. The summed E-state index contributed by atoms with van der Waals surface area (Å²) in [5, 5.41) is 9.01. The van der Waals surface area contributed by atoms with E-state index in [-0.39, 0.29) is 6.03 Å². The van der Waals surface area contributed by atoms with Crippen molar-refractivity contribution in [3.63, 3.8) is 0 Å². The molecule has 0 bridgehead atoms. The highest BCUT2D eigenvalue weighted by molar-refractivity contribution is 5.77. The summed E-state index contributed by atoms with van der Waals surface area (Å²) in [5.74, 6) is -0.809. The van der Waals surface area contributed by atoms with E-state index in [0.717, 1.165) is 6.54 Å². The normalized spacial score (nSPS) is 18.9. The monoisotopic (exact) mass is 285 g/mol. The van der Waals surface area contributed by atoms with Crippen molar-refractivity contribution in [1.29, 1.82) is 0 Å². The van der Waals surface area contributed by atoms with Crippen molar-refractivity contribution < 1.29 is 14.7 Å². The Kier molecular flexibility index (Phi) is 6.26. The van der Waals surface area contributed by atoms with Gasteiger partial charge >= 0.3 is 12.0 Å². The number of likely N-dealkylation sites (tertiary alicyclic amines) is 1. The lowest BCUT2D eigenvalue weighted by atomic mass is 10.1. The van der Waals surface area contributed by atoms with Gasteiger partial charge in [-0.05, 0) is 26.4 Å². The molecule has 1 aliphatic heterocycles. The number of carboxylic acid groups (broad SMARTS) is 1. The molecular weight excluding hydrogens is 258 g/mol. The number of carbonyl (C=O) groups is 2. The van der Waals surface area contributed by atoms with Crippen LogP contribution in [0.25, 0.3) is 0 Å². The van der Waals surface area contributed by atoms with Crippen LogP contribution in [0, 0.1) is 11.8 Å². The molecule has 6 nitrogen and oxygen atoms in total. The van der Waals surface area contributed by atoms with Gasteiger partial charge in [0.1, 0.15) is 0 Å². The molecule has 1 unspecified atom stereocenters. The number of nitrogens with zero attached hydrogens (tertiary/aromatic N) is 3. The number of carboxylic acids is 1. The van der Waals surface area contributed by atoms with Gasteiger partial charge in [-0.3, -0.25) is 4.79 Å². The van der Waals surface area contributed by atoms with Crippen molar-refractivity contribution in [3.8, 4) is 0 Å². The molecule has 0 aromatic carbocycles. The highest BCUT2D eigenvalue weighted by Crippen LogP contribution is 2.18. The molecule has 0 saturated carbocycles. The Morgan fingerprint density at radius 1 is 1.30 bits per heavy atom. The molecular formula is C14H27N3O3. The SMILES string of the molecule is CC(C)CN(CCN(C)C)C(=O)N1CCC(C(=O)O)C1. The van der Waals surface area contributed by atoms with E-state index in [1.54, 1.807) is 4.90 Å². The molecule has 2 amide bonds. The van der Waals surface area contributed by atoms with Crippen molar-refractivity contribution in [3.05, 3.63) is 0 Å². The molecule has 1 aliphatic rings. The Labute approximate surface area is 121 Å². The third-order valence-electron chi connectivity index (χ3n) is 3.48. The van der Waals surface area contributed by atoms with Gasteiger partial charge in [0.05, 0.1) is 5.92 Å². The maximum atomic E-state index is 12.5. The van der Waals surface area contributed by atoms with Crippen LogP contribution >= 0.6 is 0 Å². The minimum absolute atomic E-state index is 0.0238. The van der Waals surface area contributed by atoms with Gasteiger partial charge in [0.2, 0.25) is 0 Å². The summed E-state index contributed by atoms with van der Waals surface area (Å²) in [7, 11) is 3.96. The van der Waals surface area contributed by atoms with Crippen LogP contribution in [0.15, 0.2) is 0 Å². The minimum atomic E-state index is -0.802. The van der Waals surface area contributed by atoms with Gasteiger partial charge in [-0.25, -0.2) is 4.79 Å². The van der Waals surface area contributed by atoms with Crippen molar-refractivity contribution in [2.45, 2.75) is 20.3 Å². The fourth-order valence-corrected chi connectivity index (χ4v) is 2.36. The number of rotatable bonds is 6. The standard InChI is InChI=1S/C14H27N3O3/c1-11(2)9-17(8-7-15(3)4)14(20)16-6-5-12(10-16)13(18)19/h11-12H,5-10H2,1-4H3,(H,18,19). The predicted molar refractivity (Wildman–Crippen MR) is 77.7 cm³/mol. The first kappa shape index (κ1) is 16.8. The molecule has 0 aromatic rings. The molecule has 20 heavy (non-hydrogen) atoms. The molecule has 116 valence electrons. The predicted octanol–water partition coefficient (Wildman–Crippen LogP) is 1.03. The number of carbonyl (C=O) groups excluding carboxylic acids is 1. The molecule has 1 saturated heterocycles. The van der Waals surface area contributed by atoms with E-state index in [1.807, 2.05) is 23.9 Å². The van der Waals surface area contributed by atoms with E-state index < -0.39 is 11.9 Å². The first-order valence-corrected chi connectivity index (χ1v) is 7.22. The zero-order valence-corrected chi connectivity index (χ0v) is 13.0. The maximum absolute atomic E-state index is 12.5. The van der Waals surface area contributed by atoms with Crippen LogP contribution in [0.5, 0.6) is 0 Å². The first-order valence-electron chi connectivity index (χ1n) is 7.22. The maximum Gasteiger partial charge on any atom is 0.320 e. The molecule has 6 heteroatoms. The summed E-state index contributed by atoms with van der Waals surface area (Å²) >= 11 is 0. The van der Waals surface area contributed by atoms with Crippen LogP contribution < -0.4 is 0 Å². The summed E-state index contributed by atoms with van der Waals surface area (Å²) in [5.41, 5.74) is 0. The van der Waals surface area contributed by atoms with Crippen molar-refractivity contribution in [2.24, 2.45) is 11.8 Å². The van der Waals surface area contributed by atoms with E-state index in [2.05, 4.69) is 13.8 Å². The minimum Gasteiger partial charge on any atom is -0.481 e. The fourth-order valence-electron chi connectivity index (χ4n) is 2.36. The van der Waals surface area contributed by atoms with Gasteiger partial charge in [0.15, 0.2) is 0 Å². The average Bonchev–Trinajstić information content (AvgIpc) is 2.82. The quantitative estimate of drug-likeness (QED) is 0.792. The van der Waals surface area contributed by atoms with E-state index in [1.165, 1.54) is 0 Å². The van der Waals surface area contributed by atoms with Crippen molar-refractivity contribution in [1.82, 2.24) is 14.7 Å². The van der Waals surface area contributed by atoms with Gasteiger partial charge in [0, 0.05) is 32.7 Å². The number of hydrogen-bond acceptors (Lipinski definition) is 3. The van der Waals surface area contributed by atoms with Crippen LogP contribution in [-0.2, 0) is 4.79 Å². The summed E-state index contributed by atoms with van der Waals surface area (Å²) < 4.78 is 0. The Morgan fingerprint density at radius 3 is 2.40 bits per heavy atom. The van der Waals surface area contributed by atoms with E-state index in [9.17, 15) is 9.59 Å². The van der Waals surface area contributed by atoms with Crippen LogP contribution in [0.3, 0.4) is 0 Å². The number of likely N-dealkylation sites (N-methyl/N-ethyl adjacent to an activating group) is 1. The number of hydrogen-bond donors (Lipinski definition) is 1. The third kappa shape index (κ3) is 5.00. The van der Waals surface area contributed by atoms with Crippen LogP contribution in [0.1, 0.15) is 20.3 Å². The Hall–Kier alpha value is -1.30. The largest absolute Gasteiger partial charge is 0.481 e. The van der Waals surface area contributed by atoms with Gasteiger partial charge in [0.25, 0.3) is 0 Å². The molecule has 1 N–H and O–H groups in total. The topological polar surface area (TPSA) is 64.1 Å². The lowest BCUT2D eigenvalue weighted by Gasteiger charge is -2.30. The van der Waals surface area contributed by atoms with Crippen molar-refractivity contribution >= 4 is 12.0 Å². The molecule has 1 rings (SSSR count). The summed E-state index contributed by atoms with van der Waals surface area (Å²) in [6.45, 7) is 7.25. The molecule has 1 fully saturated rings. The highest BCUT2D eigenvalue weighted by Gasteiger charge is 2.33. The van der Waals surface area contributed by atoms with Crippen LogP contribution in [0.2, 0.25) is 0 Å². The Balaban J connectivity index is 2.60. The Bertz CT molecular complexity index is 345. The number of amides is 2. The second kappa shape index (κ2) is 7.47. The van der Waals surface area contributed by atoms with Crippen molar-refractivity contribution in [2.75, 3.05) is 46.8 Å². The smallest absolute Gasteiger partial charge is 0.320 e. The lowest BCUT2D eigenvalue weighted by molar-refractivity contribution is -0.141. The first-order chi connectivity index (χ1) is 9.31. The van der Waals surface area contributed by atoms with Gasteiger partial charge in [-0.2, -0.15) is 0 Å². The molecule has 0 spiro atoms. The van der Waals surface area contributed by atoms with Gasteiger partial charge in [-0.15, -0.1) is 0 Å². The average molecular weight is 285 g/mol. The van der Waals surface area contributed by atoms with E-state index >= 15 is 0 Å². The molecule has 1 atom stereocenters. The fraction of sp³-hybridized carbons (Fsp3) is 0.857. The van der Waals surface area contributed by atoms with E-state index in [4.69, 9.17) is 5.11 Å². The van der Waals surface area contributed by atoms with Crippen LogP contribution in [0.4, 0.5) is 4.79 Å². The molecule has 0 radical (unpaired) electrons. The Morgan fingerprint density at radius 2 is 1.95 bits per heavy atom. The molecule has 1 heterocycles. The lowest BCUT2D eigenvalue weighted by Crippen LogP contribution is -2.46. The second-order valence-corrected chi connectivity index (χ2v) is 6.20. The third-order valence-corrected chi connectivity index (χ3v) is 3.48. The molecule has 0 aliphatic carbocycles. The summed E-state index contributed by atoms with van der Waals surface area (Å²) in [6.07, 6.45) is 0.560. The second-order valence-electron chi connectivity index (χ2n) is 6.20. The zero-order chi connectivity index (χ0) is 15.3. The van der Waals surface area contributed by atoms with Gasteiger partial charge < -0.3 is 19.8 Å². The summed E-state index contributed by atoms with van der Waals surface area (Å²) in [6, 6.07) is -0.0238. The summed E-state index contributed by atoms with van der Waals surface area (Å²) in [4.78, 5) is 29.0. The van der Waals surface area contributed by atoms with Gasteiger partial charge in [-0.1, -0.05) is 13.8 Å².